The van der Waals surface area contributed by atoms with Gasteiger partial charge in [0.25, 0.3) is 5.91 Å². The number of para-hydroxylation sites is 1. The maximum Gasteiger partial charge on any atom is 0.258 e. The lowest BCUT2D eigenvalue weighted by Crippen LogP contribution is -2.39. The van der Waals surface area contributed by atoms with Crippen LogP contribution < -0.4 is 4.90 Å². The number of amides is 1. The Morgan fingerprint density at radius 2 is 1.86 bits per heavy atom. The van der Waals surface area contributed by atoms with E-state index in [2.05, 4.69) is 6.92 Å². The van der Waals surface area contributed by atoms with Gasteiger partial charge in [-0.15, -0.1) is 0 Å². The summed E-state index contributed by atoms with van der Waals surface area (Å²) in [7, 11) is -3.59. The summed E-state index contributed by atoms with van der Waals surface area (Å²) in [6.45, 7) is 5.18. The molecule has 5 nitrogen and oxygen atoms in total. The number of anilines is 1. The molecule has 0 radical (unpaired) electrons. The minimum atomic E-state index is -3.59. The first-order chi connectivity index (χ1) is 13.4. The number of rotatable bonds is 3. The maximum atomic E-state index is 13.2. The van der Waals surface area contributed by atoms with Gasteiger partial charge in [-0.3, -0.25) is 4.79 Å². The highest BCUT2D eigenvalue weighted by Gasteiger charge is 2.33. The number of hydrogen-bond acceptors (Lipinski definition) is 3. The second-order valence-electron chi connectivity index (χ2n) is 8.00. The van der Waals surface area contributed by atoms with Crippen LogP contribution in [0.1, 0.15) is 42.6 Å². The Morgan fingerprint density at radius 3 is 2.64 bits per heavy atom. The van der Waals surface area contributed by atoms with Gasteiger partial charge in [-0.05, 0) is 61.9 Å². The van der Waals surface area contributed by atoms with E-state index < -0.39 is 10.0 Å². The first kappa shape index (κ1) is 19.2. The molecule has 1 fully saturated rings. The fraction of sp³-hybridized carbons (Fsp3) is 0.409. The Kier molecular flexibility index (Phi) is 5.02. The van der Waals surface area contributed by atoms with Crippen molar-refractivity contribution in [2.75, 3.05) is 18.0 Å². The maximum absolute atomic E-state index is 13.2. The summed E-state index contributed by atoms with van der Waals surface area (Å²) in [5.74, 6) is 0.205. The zero-order chi connectivity index (χ0) is 19.9. The van der Waals surface area contributed by atoms with E-state index in [1.165, 1.54) is 6.07 Å². The van der Waals surface area contributed by atoms with Gasteiger partial charge >= 0.3 is 0 Å². The summed E-state index contributed by atoms with van der Waals surface area (Å²) in [6, 6.07) is 14.4. The summed E-state index contributed by atoms with van der Waals surface area (Å²) >= 11 is 0. The van der Waals surface area contributed by atoms with Crippen molar-refractivity contribution < 1.29 is 13.2 Å². The Labute approximate surface area is 167 Å². The van der Waals surface area contributed by atoms with Crippen LogP contribution in [-0.4, -0.2) is 37.8 Å². The summed E-state index contributed by atoms with van der Waals surface area (Å²) in [4.78, 5) is 15.2. The standard InChI is InChI=1S/C22H26N2O3S/c1-16-7-6-12-23(15-16)28(26,27)20-10-5-9-19(14-20)22(25)24-17(2)13-18-8-3-4-11-21(18)24/h3-5,8-11,14,16-17H,6-7,12-13,15H2,1-2H3. The van der Waals surface area contributed by atoms with Gasteiger partial charge in [-0.25, -0.2) is 8.42 Å². The van der Waals surface area contributed by atoms with Gasteiger partial charge in [0.2, 0.25) is 10.0 Å². The molecule has 4 rings (SSSR count). The van der Waals surface area contributed by atoms with Crippen molar-refractivity contribution in [2.45, 2.75) is 44.0 Å². The molecule has 2 aliphatic heterocycles. The number of fused-ring (bicyclic) bond motifs is 1. The molecule has 0 N–H and O–H groups in total. The van der Waals surface area contributed by atoms with Crippen molar-refractivity contribution in [3.63, 3.8) is 0 Å². The molecule has 2 aliphatic rings. The summed E-state index contributed by atoms with van der Waals surface area (Å²) < 4.78 is 27.7. The highest BCUT2D eigenvalue weighted by atomic mass is 32.2. The molecule has 148 valence electrons. The lowest BCUT2D eigenvalue weighted by atomic mass is 10.0. The van der Waals surface area contributed by atoms with Crippen LogP contribution >= 0.6 is 0 Å². The fourth-order valence-electron chi connectivity index (χ4n) is 4.32. The molecule has 2 heterocycles. The molecule has 0 aromatic heterocycles. The van der Waals surface area contributed by atoms with E-state index in [0.29, 0.717) is 24.6 Å². The topological polar surface area (TPSA) is 57.7 Å². The van der Waals surface area contributed by atoms with Gasteiger partial charge in [-0.1, -0.05) is 31.2 Å². The number of nitrogens with zero attached hydrogens (tertiary/aromatic N) is 2. The molecule has 0 aliphatic carbocycles. The monoisotopic (exact) mass is 398 g/mol. The van der Waals surface area contributed by atoms with Crippen molar-refractivity contribution in [2.24, 2.45) is 5.92 Å². The predicted octanol–water partition coefficient (Wildman–Crippen LogP) is 3.70. The zero-order valence-corrected chi connectivity index (χ0v) is 17.2. The average molecular weight is 399 g/mol. The van der Waals surface area contributed by atoms with Crippen molar-refractivity contribution in [3.05, 3.63) is 59.7 Å². The molecule has 2 atom stereocenters. The molecule has 2 aromatic carbocycles. The van der Waals surface area contributed by atoms with Gasteiger partial charge in [0.1, 0.15) is 0 Å². The van der Waals surface area contributed by atoms with Crippen LogP contribution in [0.4, 0.5) is 5.69 Å². The largest absolute Gasteiger partial charge is 0.305 e. The van der Waals surface area contributed by atoms with E-state index in [1.54, 1.807) is 27.4 Å². The van der Waals surface area contributed by atoms with Gasteiger partial charge in [-0.2, -0.15) is 4.31 Å². The van der Waals surface area contributed by atoms with Crippen molar-refractivity contribution in [1.82, 2.24) is 4.31 Å². The minimum Gasteiger partial charge on any atom is -0.305 e. The molecular formula is C22H26N2O3S. The van der Waals surface area contributed by atoms with E-state index in [9.17, 15) is 13.2 Å². The lowest BCUT2D eigenvalue weighted by molar-refractivity contribution is 0.0981. The molecule has 0 bridgehead atoms. The third-order valence-corrected chi connectivity index (χ3v) is 7.63. The molecule has 2 unspecified atom stereocenters. The molecule has 1 saturated heterocycles. The van der Waals surface area contributed by atoms with Crippen LogP contribution in [0.25, 0.3) is 0 Å². The Bertz CT molecular complexity index is 1000. The molecule has 2 aromatic rings. The number of carbonyl (C=O) groups excluding carboxylic acids is 1. The van der Waals surface area contributed by atoms with E-state index >= 15 is 0 Å². The first-order valence-electron chi connectivity index (χ1n) is 9.89. The van der Waals surface area contributed by atoms with Gasteiger partial charge < -0.3 is 4.90 Å². The molecule has 6 heteroatoms. The molecular weight excluding hydrogens is 372 g/mol. The van der Waals surface area contributed by atoms with Crippen molar-refractivity contribution in [3.8, 4) is 0 Å². The highest BCUT2D eigenvalue weighted by Crippen LogP contribution is 2.33. The number of sulfonamides is 1. The molecule has 1 amide bonds. The van der Waals surface area contributed by atoms with Gasteiger partial charge in [0.05, 0.1) is 4.90 Å². The zero-order valence-electron chi connectivity index (χ0n) is 16.3. The Hall–Kier alpha value is -2.18. The predicted molar refractivity (Wildman–Crippen MR) is 110 cm³/mol. The smallest absolute Gasteiger partial charge is 0.258 e. The minimum absolute atomic E-state index is 0.0492. The normalized spacial score (nSPS) is 22.9. The van der Waals surface area contributed by atoms with Crippen molar-refractivity contribution >= 4 is 21.6 Å². The van der Waals surface area contributed by atoms with E-state index in [-0.39, 0.29) is 16.8 Å². The third-order valence-electron chi connectivity index (χ3n) is 5.76. The fourth-order valence-corrected chi connectivity index (χ4v) is 5.96. The number of hydrogen-bond donors (Lipinski definition) is 0. The third kappa shape index (κ3) is 3.35. The van der Waals surface area contributed by atoms with Gasteiger partial charge in [0, 0.05) is 30.4 Å². The van der Waals surface area contributed by atoms with E-state index in [4.69, 9.17) is 0 Å². The second kappa shape index (κ2) is 7.33. The summed E-state index contributed by atoms with van der Waals surface area (Å²) in [6.07, 6.45) is 2.74. The first-order valence-corrected chi connectivity index (χ1v) is 11.3. The number of benzene rings is 2. The number of piperidine rings is 1. The summed E-state index contributed by atoms with van der Waals surface area (Å²) in [5.41, 5.74) is 2.47. The second-order valence-corrected chi connectivity index (χ2v) is 9.93. The lowest BCUT2D eigenvalue weighted by Gasteiger charge is -2.30. The Morgan fingerprint density at radius 1 is 1.07 bits per heavy atom. The van der Waals surface area contributed by atoms with Crippen LogP contribution in [0.15, 0.2) is 53.4 Å². The quantitative estimate of drug-likeness (QED) is 0.792. The van der Waals surface area contributed by atoms with Crippen LogP contribution in [0, 0.1) is 5.92 Å². The van der Waals surface area contributed by atoms with E-state index in [0.717, 1.165) is 30.5 Å². The van der Waals surface area contributed by atoms with Crippen LogP contribution in [0.3, 0.4) is 0 Å². The molecule has 0 spiro atoms. The van der Waals surface area contributed by atoms with Crippen LogP contribution in [0.5, 0.6) is 0 Å². The van der Waals surface area contributed by atoms with Crippen LogP contribution in [0.2, 0.25) is 0 Å². The van der Waals surface area contributed by atoms with Gasteiger partial charge in [0.15, 0.2) is 0 Å². The summed E-state index contributed by atoms with van der Waals surface area (Å²) in [5, 5.41) is 0. The Balaban J connectivity index is 1.65. The van der Waals surface area contributed by atoms with Crippen LogP contribution in [-0.2, 0) is 16.4 Å². The van der Waals surface area contributed by atoms with E-state index in [1.807, 2.05) is 31.2 Å². The average Bonchev–Trinajstić information content (AvgIpc) is 3.03. The number of carbonyl (C=O) groups is 1. The highest BCUT2D eigenvalue weighted by molar-refractivity contribution is 7.89. The van der Waals surface area contributed by atoms with Crippen molar-refractivity contribution in [1.29, 1.82) is 0 Å². The molecule has 28 heavy (non-hydrogen) atoms. The SMILES string of the molecule is CC1CCCN(S(=O)(=O)c2cccc(C(=O)N3c4ccccc4CC3C)c2)C1. The molecule has 0 saturated carbocycles.